The first-order valence-corrected chi connectivity index (χ1v) is 7.90. The zero-order valence-electron chi connectivity index (χ0n) is 12.2. The first-order valence-electron chi connectivity index (χ1n) is 7.90. The van der Waals surface area contributed by atoms with E-state index in [-0.39, 0.29) is 0 Å². The van der Waals surface area contributed by atoms with Crippen molar-refractivity contribution in [1.29, 1.82) is 0 Å². The fourth-order valence-corrected chi connectivity index (χ4v) is 3.72. The molecule has 100 valence electrons. The summed E-state index contributed by atoms with van der Waals surface area (Å²) in [4.78, 5) is 2.72. The number of likely N-dealkylation sites (tertiary alicyclic amines) is 1. The van der Waals surface area contributed by atoms with Crippen molar-refractivity contribution in [3.63, 3.8) is 0 Å². The summed E-state index contributed by atoms with van der Waals surface area (Å²) >= 11 is 0. The van der Waals surface area contributed by atoms with Gasteiger partial charge >= 0.3 is 0 Å². The second-order valence-electron chi connectivity index (χ2n) is 6.83. The van der Waals surface area contributed by atoms with Gasteiger partial charge in [0.1, 0.15) is 0 Å². The van der Waals surface area contributed by atoms with Gasteiger partial charge in [-0.3, -0.25) is 0 Å². The summed E-state index contributed by atoms with van der Waals surface area (Å²) in [6.45, 7) is 11.2. The number of nitrogens with zero attached hydrogens (tertiary/aromatic N) is 1. The van der Waals surface area contributed by atoms with Gasteiger partial charge in [0, 0.05) is 0 Å². The van der Waals surface area contributed by atoms with Gasteiger partial charge in [-0.15, -0.1) is 0 Å². The highest BCUT2D eigenvalue weighted by molar-refractivity contribution is 4.96. The Bertz CT molecular complexity index is 220. The lowest BCUT2D eigenvalue weighted by Gasteiger charge is -2.52. The summed E-state index contributed by atoms with van der Waals surface area (Å²) < 4.78 is 0. The Kier molecular flexibility index (Phi) is 4.52. The van der Waals surface area contributed by atoms with E-state index in [1.54, 1.807) is 12.8 Å². The minimum absolute atomic E-state index is 0.799. The highest BCUT2D eigenvalue weighted by atomic mass is 15.1. The smallest absolute Gasteiger partial charge is 0.00134 e. The van der Waals surface area contributed by atoms with E-state index in [1.807, 2.05) is 0 Å². The molecule has 0 aromatic rings. The summed E-state index contributed by atoms with van der Waals surface area (Å²) in [7, 11) is 0. The van der Waals surface area contributed by atoms with Crippen molar-refractivity contribution < 1.29 is 0 Å². The third-order valence-corrected chi connectivity index (χ3v) is 5.57. The molecule has 0 aromatic carbocycles. The van der Waals surface area contributed by atoms with E-state index in [0.717, 1.165) is 17.3 Å². The highest BCUT2D eigenvalue weighted by Crippen LogP contribution is 2.53. The first-order chi connectivity index (χ1) is 8.17. The fraction of sp³-hybridized carbons (Fsp3) is 1.00. The van der Waals surface area contributed by atoms with Gasteiger partial charge in [-0.1, -0.05) is 33.6 Å². The van der Waals surface area contributed by atoms with Crippen LogP contribution in [-0.2, 0) is 0 Å². The molecular formula is C16H31N. The molecule has 0 N–H and O–H groups in total. The predicted molar refractivity (Wildman–Crippen MR) is 75.2 cm³/mol. The van der Waals surface area contributed by atoms with Gasteiger partial charge < -0.3 is 4.90 Å². The average molecular weight is 237 g/mol. The topological polar surface area (TPSA) is 3.24 Å². The van der Waals surface area contributed by atoms with Crippen molar-refractivity contribution in [3.8, 4) is 0 Å². The summed E-state index contributed by atoms with van der Waals surface area (Å²) in [5, 5.41) is 0. The van der Waals surface area contributed by atoms with Crippen LogP contribution in [0, 0.1) is 17.3 Å². The number of piperidine rings is 1. The molecule has 1 heteroatoms. The summed E-state index contributed by atoms with van der Waals surface area (Å²) in [6, 6.07) is 0. The highest BCUT2D eigenvalue weighted by Gasteiger charge is 2.44. The Hall–Kier alpha value is -0.0400. The molecular weight excluding hydrogens is 206 g/mol. The molecule has 1 spiro atoms. The fourth-order valence-electron chi connectivity index (χ4n) is 3.72. The molecule has 1 saturated carbocycles. The van der Waals surface area contributed by atoms with Crippen molar-refractivity contribution >= 4 is 0 Å². The van der Waals surface area contributed by atoms with Gasteiger partial charge in [0.2, 0.25) is 0 Å². The largest absolute Gasteiger partial charge is 0.303 e. The van der Waals surface area contributed by atoms with Crippen molar-refractivity contribution in [1.82, 2.24) is 4.90 Å². The lowest BCUT2D eigenvalue weighted by Crippen LogP contribution is -2.47. The van der Waals surface area contributed by atoms with Gasteiger partial charge in [0.15, 0.2) is 0 Å². The van der Waals surface area contributed by atoms with E-state index in [9.17, 15) is 0 Å². The van der Waals surface area contributed by atoms with Crippen LogP contribution in [0.25, 0.3) is 0 Å². The maximum Gasteiger partial charge on any atom is -0.00134 e. The predicted octanol–water partition coefficient (Wildman–Crippen LogP) is 4.32. The summed E-state index contributed by atoms with van der Waals surface area (Å²) in [5.74, 6) is 1.99. The Labute approximate surface area is 108 Å². The standard InChI is InChI=1S/C16H31N/c1-4-14(3)6-9-17-10-7-16(8-11-17)12-15(5-2)13-16/h14-15H,4-13H2,1-3H3. The van der Waals surface area contributed by atoms with Crippen LogP contribution in [0.1, 0.15) is 65.7 Å². The third-order valence-electron chi connectivity index (χ3n) is 5.57. The van der Waals surface area contributed by atoms with E-state index in [4.69, 9.17) is 0 Å². The zero-order valence-corrected chi connectivity index (χ0v) is 12.2. The van der Waals surface area contributed by atoms with Gasteiger partial charge in [-0.2, -0.15) is 0 Å². The van der Waals surface area contributed by atoms with Gasteiger partial charge in [-0.05, 0) is 69.0 Å². The van der Waals surface area contributed by atoms with Crippen molar-refractivity contribution in [2.75, 3.05) is 19.6 Å². The molecule has 1 nitrogen and oxygen atoms in total. The van der Waals surface area contributed by atoms with Crippen LogP contribution in [0.4, 0.5) is 0 Å². The minimum Gasteiger partial charge on any atom is -0.303 e. The second kappa shape index (κ2) is 5.73. The number of hydrogen-bond donors (Lipinski definition) is 0. The van der Waals surface area contributed by atoms with Crippen LogP contribution in [0.2, 0.25) is 0 Å². The van der Waals surface area contributed by atoms with Crippen LogP contribution < -0.4 is 0 Å². The van der Waals surface area contributed by atoms with Crippen LogP contribution in [0.15, 0.2) is 0 Å². The molecule has 17 heavy (non-hydrogen) atoms. The Balaban J connectivity index is 1.65. The van der Waals surface area contributed by atoms with Crippen LogP contribution in [0.5, 0.6) is 0 Å². The van der Waals surface area contributed by atoms with Crippen molar-refractivity contribution in [2.24, 2.45) is 17.3 Å². The summed E-state index contributed by atoms with van der Waals surface area (Å²) in [5.41, 5.74) is 0.799. The molecule has 1 saturated heterocycles. The van der Waals surface area contributed by atoms with Gasteiger partial charge in [0.05, 0.1) is 0 Å². The maximum absolute atomic E-state index is 2.72. The van der Waals surface area contributed by atoms with Crippen molar-refractivity contribution in [2.45, 2.75) is 65.7 Å². The molecule has 0 bridgehead atoms. The maximum atomic E-state index is 2.72. The molecule has 1 unspecified atom stereocenters. The lowest BCUT2D eigenvalue weighted by atomic mass is 9.57. The minimum atomic E-state index is 0.799. The molecule has 2 rings (SSSR count). The lowest BCUT2D eigenvalue weighted by molar-refractivity contribution is -0.0151. The molecule has 0 amide bonds. The van der Waals surface area contributed by atoms with Crippen molar-refractivity contribution in [3.05, 3.63) is 0 Å². The third kappa shape index (κ3) is 3.24. The normalized spacial score (nSPS) is 27.0. The van der Waals surface area contributed by atoms with Crippen LogP contribution in [0.3, 0.4) is 0 Å². The first kappa shape index (κ1) is 13.4. The van der Waals surface area contributed by atoms with Crippen LogP contribution in [-0.4, -0.2) is 24.5 Å². The average Bonchev–Trinajstić information content (AvgIpc) is 2.33. The van der Waals surface area contributed by atoms with Gasteiger partial charge in [-0.25, -0.2) is 0 Å². The summed E-state index contributed by atoms with van der Waals surface area (Å²) in [6.07, 6.45) is 10.2. The molecule has 2 fully saturated rings. The van der Waals surface area contributed by atoms with E-state index in [2.05, 4.69) is 25.7 Å². The van der Waals surface area contributed by atoms with Gasteiger partial charge in [0.25, 0.3) is 0 Å². The quantitative estimate of drug-likeness (QED) is 0.688. The van der Waals surface area contributed by atoms with E-state index < -0.39 is 0 Å². The second-order valence-corrected chi connectivity index (χ2v) is 6.83. The molecule has 1 aliphatic carbocycles. The van der Waals surface area contributed by atoms with E-state index in [0.29, 0.717) is 0 Å². The van der Waals surface area contributed by atoms with Crippen LogP contribution >= 0.6 is 0 Å². The Morgan fingerprint density at radius 3 is 2.35 bits per heavy atom. The van der Waals surface area contributed by atoms with E-state index >= 15 is 0 Å². The molecule has 0 radical (unpaired) electrons. The molecule has 1 atom stereocenters. The Morgan fingerprint density at radius 1 is 1.18 bits per heavy atom. The zero-order chi connectivity index (χ0) is 12.3. The number of rotatable bonds is 5. The molecule has 1 aliphatic heterocycles. The Morgan fingerprint density at radius 2 is 1.82 bits per heavy atom. The SMILES string of the molecule is CCC(C)CCN1CCC2(CC1)CC(CC)C2. The molecule has 2 aliphatic rings. The monoisotopic (exact) mass is 237 g/mol. The molecule has 1 heterocycles. The number of hydrogen-bond acceptors (Lipinski definition) is 1. The van der Waals surface area contributed by atoms with E-state index in [1.165, 1.54) is 51.7 Å². The molecule has 0 aromatic heterocycles.